The molecule has 7 nitrogen and oxygen atoms in total. The molecular formula is C25H21N5O2. The third kappa shape index (κ3) is 3.54. The summed E-state index contributed by atoms with van der Waals surface area (Å²) in [5.74, 6) is -0.520. The van der Waals surface area contributed by atoms with Crippen LogP contribution in [0.1, 0.15) is 27.3 Å². The van der Waals surface area contributed by atoms with Crippen molar-refractivity contribution in [1.82, 2.24) is 19.2 Å². The summed E-state index contributed by atoms with van der Waals surface area (Å²) in [6.07, 6.45) is 0. The third-order valence-corrected chi connectivity index (χ3v) is 5.39. The van der Waals surface area contributed by atoms with Crippen LogP contribution < -0.4 is 10.9 Å². The molecule has 0 spiro atoms. The summed E-state index contributed by atoms with van der Waals surface area (Å²) in [6, 6.07) is 23.0. The summed E-state index contributed by atoms with van der Waals surface area (Å²) in [5.41, 5.74) is 5.02. The first-order valence-corrected chi connectivity index (χ1v) is 10.3. The first kappa shape index (κ1) is 19.7. The third-order valence-electron chi connectivity index (χ3n) is 5.39. The molecule has 3 aromatic carbocycles. The summed E-state index contributed by atoms with van der Waals surface area (Å²) in [6.45, 7) is 4.35. The normalized spacial score (nSPS) is 11.2. The molecule has 0 aliphatic carbocycles. The second-order valence-electron chi connectivity index (χ2n) is 7.86. The fraction of sp³-hybridized carbons (Fsp3) is 0.120. The zero-order valence-electron chi connectivity index (χ0n) is 17.7. The molecule has 0 fully saturated rings. The van der Waals surface area contributed by atoms with Gasteiger partial charge in [0.15, 0.2) is 0 Å². The molecule has 0 aliphatic heterocycles. The van der Waals surface area contributed by atoms with Crippen LogP contribution in [0.25, 0.3) is 16.7 Å². The molecule has 2 aromatic heterocycles. The van der Waals surface area contributed by atoms with E-state index in [2.05, 4.69) is 15.4 Å². The van der Waals surface area contributed by atoms with Gasteiger partial charge in [0.25, 0.3) is 11.5 Å². The molecule has 0 bridgehead atoms. The monoisotopic (exact) mass is 423 g/mol. The largest absolute Gasteiger partial charge is 0.319 e. The number of amides is 1. The molecule has 5 aromatic rings. The van der Waals surface area contributed by atoms with E-state index >= 15 is 0 Å². The number of carbonyl (C=O) groups is 1. The van der Waals surface area contributed by atoms with Crippen molar-refractivity contribution in [3.8, 4) is 0 Å². The summed E-state index contributed by atoms with van der Waals surface area (Å²) in [7, 11) is 0. The number of aryl methyl sites for hydroxylation is 2. The van der Waals surface area contributed by atoms with Crippen LogP contribution in [-0.4, -0.2) is 25.1 Å². The number of aromatic nitrogens is 4. The lowest BCUT2D eigenvalue weighted by molar-refractivity contribution is 0.101. The topological polar surface area (TPSA) is 81.3 Å². The Morgan fingerprint density at radius 3 is 2.38 bits per heavy atom. The van der Waals surface area contributed by atoms with Crippen molar-refractivity contribution in [1.29, 1.82) is 0 Å². The summed E-state index contributed by atoms with van der Waals surface area (Å²) in [4.78, 5) is 30.5. The Hall–Kier alpha value is -4.26. The Balaban J connectivity index is 1.64. The molecule has 32 heavy (non-hydrogen) atoms. The van der Waals surface area contributed by atoms with Gasteiger partial charge in [0, 0.05) is 5.69 Å². The van der Waals surface area contributed by atoms with E-state index < -0.39 is 5.91 Å². The van der Waals surface area contributed by atoms with Gasteiger partial charge in [0.1, 0.15) is 0 Å². The standard InChI is InChI=1S/C25H21N5O2/c1-16-8-11-19(12-9-16)26-24(31)22-27-23-25(32)29(15-18-6-4-3-5-7-18)21-14-17(2)10-13-20(21)30(23)28-22/h3-14H,15H2,1-2H3,(H,26,31). The molecule has 0 unspecified atom stereocenters. The first-order valence-electron chi connectivity index (χ1n) is 10.3. The highest BCUT2D eigenvalue weighted by molar-refractivity contribution is 6.02. The van der Waals surface area contributed by atoms with E-state index in [-0.39, 0.29) is 17.0 Å². The fourth-order valence-corrected chi connectivity index (χ4v) is 3.72. The predicted molar refractivity (Wildman–Crippen MR) is 124 cm³/mol. The molecule has 0 saturated heterocycles. The fourth-order valence-electron chi connectivity index (χ4n) is 3.72. The summed E-state index contributed by atoms with van der Waals surface area (Å²) in [5, 5.41) is 7.16. The number of hydrogen-bond acceptors (Lipinski definition) is 4. The van der Waals surface area contributed by atoms with E-state index in [0.29, 0.717) is 17.7 Å². The van der Waals surface area contributed by atoms with E-state index in [1.165, 1.54) is 4.52 Å². The van der Waals surface area contributed by atoms with Crippen molar-refractivity contribution < 1.29 is 4.79 Å². The van der Waals surface area contributed by atoms with Crippen LogP contribution in [-0.2, 0) is 6.54 Å². The van der Waals surface area contributed by atoms with Gasteiger partial charge in [-0.1, -0.05) is 54.1 Å². The maximum absolute atomic E-state index is 13.4. The van der Waals surface area contributed by atoms with Gasteiger partial charge < -0.3 is 5.32 Å². The van der Waals surface area contributed by atoms with Gasteiger partial charge >= 0.3 is 0 Å². The number of rotatable bonds is 4. The average Bonchev–Trinajstić information content (AvgIpc) is 3.25. The van der Waals surface area contributed by atoms with E-state index in [9.17, 15) is 9.59 Å². The Morgan fingerprint density at radius 1 is 0.906 bits per heavy atom. The number of nitrogens with one attached hydrogen (secondary N) is 1. The van der Waals surface area contributed by atoms with Gasteiger partial charge in [-0.2, -0.15) is 4.98 Å². The summed E-state index contributed by atoms with van der Waals surface area (Å²) < 4.78 is 3.14. The van der Waals surface area contributed by atoms with Gasteiger partial charge in [0.2, 0.25) is 11.5 Å². The van der Waals surface area contributed by atoms with Crippen molar-refractivity contribution in [2.45, 2.75) is 20.4 Å². The van der Waals surface area contributed by atoms with Crippen LogP contribution in [0.4, 0.5) is 5.69 Å². The lowest BCUT2D eigenvalue weighted by atomic mass is 10.2. The zero-order chi connectivity index (χ0) is 22.2. The van der Waals surface area contributed by atoms with Gasteiger partial charge in [-0.25, -0.2) is 4.52 Å². The van der Waals surface area contributed by atoms with Crippen LogP contribution in [0, 0.1) is 13.8 Å². The minimum atomic E-state index is -0.466. The molecule has 0 radical (unpaired) electrons. The highest BCUT2D eigenvalue weighted by Gasteiger charge is 2.19. The van der Waals surface area contributed by atoms with Gasteiger partial charge in [-0.3, -0.25) is 14.2 Å². The highest BCUT2D eigenvalue weighted by atomic mass is 16.2. The lowest BCUT2D eigenvalue weighted by Gasteiger charge is -2.12. The van der Waals surface area contributed by atoms with Gasteiger partial charge in [-0.15, -0.1) is 5.10 Å². The molecule has 5 rings (SSSR count). The number of fused-ring (bicyclic) bond motifs is 3. The Labute approximate surface area is 184 Å². The molecule has 0 aliphatic rings. The minimum Gasteiger partial charge on any atom is -0.319 e. The van der Waals surface area contributed by atoms with Crippen LogP contribution >= 0.6 is 0 Å². The lowest BCUT2D eigenvalue weighted by Crippen LogP contribution is -2.24. The van der Waals surface area contributed by atoms with E-state index in [1.54, 1.807) is 4.57 Å². The molecule has 0 saturated carbocycles. The first-order chi connectivity index (χ1) is 15.5. The summed E-state index contributed by atoms with van der Waals surface area (Å²) >= 11 is 0. The smallest absolute Gasteiger partial charge is 0.296 e. The molecule has 0 atom stereocenters. The van der Waals surface area contributed by atoms with E-state index in [4.69, 9.17) is 0 Å². The molecular weight excluding hydrogens is 402 g/mol. The maximum Gasteiger partial charge on any atom is 0.296 e. The molecule has 7 heteroatoms. The van der Waals surface area contributed by atoms with Crippen LogP contribution in [0.2, 0.25) is 0 Å². The number of hydrogen-bond donors (Lipinski definition) is 1. The van der Waals surface area contributed by atoms with Crippen molar-refractivity contribution in [3.05, 3.63) is 106 Å². The van der Waals surface area contributed by atoms with E-state index in [0.717, 1.165) is 22.2 Å². The molecule has 1 N–H and O–H groups in total. The van der Waals surface area contributed by atoms with Crippen LogP contribution in [0.5, 0.6) is 0 Å². The molecule has 1 amide bonds. The van der Waals surface area contributed by atoms with Crippen molar-refractivity contribution in [3.63, 3.8) is 0 Å². The molecule has 2 heterocycles. The zero-order valence-corrected chi connectivity index (χ0v) is 17.7. The van der Waals surface area contributed by atoms with Crippen molar-refractivity contribution >= 4 is 28.3 Å². The number of benzene rings is 3. The SMILES string of the molecule is Cc1ccc(NC(=O)c2nc3c(=O)n(Cc4ccccc4)c4cc(C)ccc4n3n2)cc1. The van der Waals surface area contributed by atoms with Gasteiger partial charge in [0.05, 0.1) is 17.6 Å². The average molecular weight is 423 g/mol. The van der Waals surface area contributed by atoms with Crippen LogP contribution in [0.15, 0.2) is 77.6 Å². The second kappa shape index (κ2) is 7.77. The van der Waals surface area contributed by atoms with Crippen LogP contribution in [0.3, 0.4) is 0 Å². The number of carbonyl (C=O) groups excluding carboxylic acids is 1. The van der Waals surface area contributed by atoms with Crippen molar-refractivity contribution in [2.75, 3.05) is 5.32 Å². The van der Waals surface area contributed by atoms with Crippen molar-refractivity contribution in [2.24, 2.45) is 0 Å². The Morgan fingerprint density at radius 2 is 1.62 bits per heavy atom. The Bertz CT molecular complexity index is 1520. The Kier molecular flexibility index (Phi) is 4.78. The predicted octanol–water partition coefficient (Wildman–Crippen LogP) is 3.96. The molecule has 158 valence electrons. The maximum atomic E-state index is 13.4. The quantitative estimate of drug-likeness (QED) is 0.474. The number of anilines is 1. The minimum absolute atomic E-state index is 0.0537. The second-order valence-corrected chi connectivity index (χ2v) is 7.86. The van der Waals surface area contributed by atoms with Gasteiger partial charge in [-0.05, 0) is 49.2 Å². The highest BCUT2D eigenvalue weighted by Crippen LogP contribution is 2.18. The number of nitrogens with zero attached hydrogens (tertiary/aromatic N) is 4. The van der Waals surface area contributed by atoms with E-state index in [1.807, 2.05) is 86.6 Å².